The highest BCUT2D eigenvalue weighted by molar-refractivity contribution is 7.89. The number of halogens is 1. The number of carbonyl (C=O) groups is 1. The second-order valence-electron chi connectivity index (χ2n) is 7.03. The van der Waals surface area contributed by atoms with Crippen molar-refractivity contribution in [3.63, 3.8) is 0 Å². The summed E-state index contributed by atoms with van der Waals surface area (Å²) in [7, 11) is 0.423. The van der Waals surface area contributed by atoms with Gasteiger partial charge in [0.05, 0.1) is 25.7 Å². The van der Waals surface area contributed by atoms with Gasteiger partial charge in [0.2, 0.25) is 10.0 Å². The SMILES string of the molecule is C[NH+](C)CCCNC(=O)c1ccc(Cl)c(S(=O)(=O)N2CCCCCC2)c1. The van der Waals surface area contributed by atoms with E-state index in [0.717, 1.165) is 38.6 Å². The van der Waals surface area contributed by atoms with Crippen molar-refractivity contribution in [2.75, 3.05) is 40.3 Å². The van der Waals surface area contributed by atoms with Crippen LogP contribution in [0.5, 0.6) is 0 Å². The van der Waals surface area contributed by atoms with Gasteiger partial charge in [0.1, 0.15) is 4.90 Å². The summed E-state index contributed by atoms with van der Waals surface area (Å²) in [5.41, 5.74) is 0.319. The maximum Gasteiger partial charge on any atom is 0.251 e. The Kier molecular flexibility index (Phi) is 7.88. The second-order valence-corrected chi connectivity index (χ2v) is 9.34. The molecule has 0 spiro atoms. The van der Waals surface area contributed by atoms with Crippen LogP contribution in [-0.4, -0.2) is 58.9 Å². The van der Waals surface area contributed by atoms with Crippen molar-refractivity contribution in [3.05, 3.63) is 28.8 Å². The lowest BCUT2D eigenvalue weighted by atomic mass is 10.2. The molecule has 1 aromatic carbocycles. The first-order valence-electron chi connectivity index (χ1n) is 9.19. The van der Waals surface area contributed by atoms with Crippen LogP contribution in [0.3, 0.4) is 0 Å². The van der Waals surface area contributed by atoms with Gasteiger partial charge in [-0.3, -0.25) is 4.79 Å². The lowest BCUT2D eigenvalue weighted by Crippen LogP contribution is -3.05. The summed E-state index contributed by atoms with van der Waals surface area (Å²) >= 11 is 6.17. The zero-order valence-corrected chi connectivity index (χ0v) is 17.1. The Balaban J connectivity index is 2.14. The molecule has 1 heterocycles. The third-order valence-corrected chi connectivity index (χ3v) is 6.90. The molecule has 0 aromatic heterocycles. The highest BCUT2D eigenvalue weighted by Gasteiger charge is 2.28. The molecule has 1 aliphatic rings. The van der Waals surface area contributed by atoms with Crippen LogP contribution in [0.1, 0.15) is 42.5 Å². The molecule has 0 unspecified atom stereocenters. The van der Waals surface area contributed by atoms with E-state index in [9.17, 15) is 13.2 Å². The number of benzene rings is 1. The Morgan fingerprint density at radius 2 is 1.85 bits per heavy atom. The number of carbonyl (C=O) groups excluding carboxylic acids is 1. The first kappa shape index (κ1) is 21.2. The van der Waals surface area contributed by atoms with Crippen LogP contribution < -0.4 is 10.2 Å². The summed E-state index contributed by atoms with van der Waals surface area (Å²) in [6, 6.07) is 4.45. The number of sulfonamides is 1. The smallest absolute Gasteiger partial charge is 0.251 e. The molecule has 2 rings (SSSR count). The Morgan fingerprint density at radius 3 is 2.46 bits per heavy atom. The van der Waals surface area contributed by atoms with Gasteiger partial charge in [-0.1, -0.05) is 24.4 Å². The van der Waals surface area contributed by atoms with Gasteiger partial charge in [0.25, 0.3) is 5.91 Å². The molecule has 0 radical (unpaired) electrons. The molecule has 146 valence electrons. The van der Waals surface area contributed by atoms with Crippen molar-refractivity contribution in [1.82, 2.24) is 9.62 Å². The van der Waals surface area contributed by atoms with Gasteiger partial charge < -0.3 is 10.2 Å². The summed E-state index contributed by atoms with van der Waals surface area (Å²) in [5.74, 6) is -0.275. The van der Waals surface area contributed by atoms with Crippen molar-refractivity contribution in [3.8, 4) is 0 Å². The van der Waals surface area contributed by atoms with Gasteiger partial charge in [0, 0.05) is 31.6 Å². The average Bonchev–Trinajstić information content (AvgIpc) is 2.88. The van der Waals surface area contributed by atoms with Gasteiger partial charge in [-0.15, -0.1) is 0 Å². The summed E-state index contributed by atoms with van der Waals surface area (Å²) in [6.45, 7) is 2.51. The molecular weight excluding hydrogens is 374 g/mol. The summed E-state index contributed by atoms with van der Waals surface area (Å²) in [6.07, 6.45) is 4.64. The Labute approximate surface area is 161 Å². The standard InChI is InChI=1S/C18H28ClN3O3S/c1-21(2)11-7-10-20-18(23)15-8-9-16(19)17(14-15)26(24,25)22-12-5-3-4-6-13-22/h8-9,14H,3-7,10-13H2,1-2H3,(H,20,23)/p+1. The minimum absolute atomic E-state index is 0.0199. The predicted molar refractivity (Wildman–Crippen MR) is 103 cm³/mol. The summed E-state index contributed by atoms with van der Waals surface area (Å²) < 4.78 is 27.4. The van der Waals surface area contributed by atoms with Crippen LogP contribution in [-0.2, 0) is 10.0 Å². The molecule has 0 aliphatic carbocycles. The van der Waals surface area contributed by atoms with Crippen LogP contribution in [0.4, 0.5) is 0 Å². The highest BCUT2D eigenvalue weighted by Crippen LogP contribution is 2.27. The van der Waals surface area contributed by atoms with Crippen molar-refractivity contribution in [1.29, 1.82) is 0 Å². The van der Waals surface area contributed by atoms with Crippen molar-refractivity contribution in [2.45, 2.75) is 37.0 Å². The maximum atomic E-state index is 13.0. The molecule has 8 heteroatoms. The molecule has 1 fully saturated rings. The van der Waals surface area contributed by atoms with Crippen molar-refractivity contribution < 1.29 is 18.1 Å². The van der Waals surface area contributed by atoms with Gasteiger partial charge in [-0.05, 0) is 31.0 Å². The summed E-state index contributed by atoms with van der Waals surface area (Å²) in [5, 5.41) is 2.99. The normalized spacial score (nSPS) is 16.5. The zero-order valence-electron chi connectivity index (χ0n) is 15.6. The third kappa shape index (κ3) is 5.67. The molecule has 1 amide bonds. The van der Waals surface area contributed by atoms with Crippen molar-refractivity contribution in [2.24, 2.45) is 0 Å². The van der Waals surface area contributed by atoms with Gasteiger partial charge >= 0.3 is 0 Å². The minimum atomic E-state index is -3.69. The van der Waals surface area contributed by atoms with Gasteiger partial charge in [0.15, 0.2) is 0 Å². The lowest BCUT2D eigenvalue weighted by Gasteiger charge is -2.21. The fraction of sp³-hybridized carbons (Fsp3) is 0.611. The molecule has 0 bridgehead atoms. The molecule has 0 saturated carbocycles. The van der Waals surface area contributed by atoms with Crippen LogP contribution >= 0.6 is 11.6 Å². The molecule has 6 nitrogen and oxygen atoms in total. The molecular formula is C18H29ClN3O3S+. The number of nitrogens with zero attached hydrogens (tertiary/aromatic N) is 1. The zero-order chi connectivity index (χ0) is 19.2. The first-order chi connectivity index (χ1) is 12.3. The van der Waals surface area contributed by atoms with Gasteiger partial charge in [-0.2, -0.15) is 4.31 Å². The third-order valence-electron chi connectivity index (χ3n) is 4.52. The second kappa shape index (κ2) is 9.69. The topological polar surface area (TPSA) is 70.9 Å². The van der Waals surface area contributed by atoms with E-state index in [1.54, 1.807) is 6.07 Å². The van der Waals surface area contributed by atoms with E-state index in [2.05, 4.69) is 19.4 Å². The Bertz CT molecular complexity index is 714. The van der Waals surface area contributed by atoms with Crippen LogP contribution in [0.25, 0.3) is 0 Å². The first-order valence-corrected chi connectivity index (χ1v) is 11.0. The number of quaternary nitrogens is 1. The monoisotopic (exact) mass is 402 g/mol. The van der Waals surface area contributed by atoms with E-state index in [1.165, 1.54) is 21.3 Å². The molecule has 0 atom stereocenters. The minimum Gasteiger partial charge on any atom is -0.352 e. The average molecular weight is 403 g/mol. The highest BCUT2D eigenvalue weighted by atomic mass is 35.5. The summed E-state index contributed by atoms with van der Waals surface area (Å²) in [4.78, 5) is 13.7. The predicted octanol–water partition coefficient (Wildman–Crippen LogP) is 1.17. The Hall–Kier alpha value is -1.15. The molecule has 1 saturated heterocycles. The number of nitrogens with one attached hydrogen (secondary N) is 2. The van der Waals surface area contributed by atoms with Crippen molar-refractivity contribution >= 4 is 27.5 Å². The molecule has 2 N–H and O–H groups in total. The number of rotatable bonds is 7. The fourth-order valence-corrected chi connectivity index (χ4v) is 5.03. The van der Waals surface area contributed by atoms with E-state index in [0.29, 0.717) is 25.2 Å². The van der Waals surface area contributed by atoms with Crippen LogP contribution in [0.15, 0.2) is 23.1 Å². The van der Waals surface area contributed by atoms with E-state index < -0.39 is 10.0 Å². The molecule has 1 aromatic rings. The number of amides is 1. The number of hydrogen-bond acceptors (Lipinski definition) is 3. The fourth-order valence-electron chi connectivity index (χ4n) is 3.01. The van der Waals surface area contributed by atoms with Crippen LogP contribution in [0.2, 0.25) is 5.02 Å². The van der Waals surface area contributed by atoms with E-state index in [4.69, 9.17) is 11.6 Å². The van der Waals surface area contributed by atoms with E-state index >= 15 is 0 Å². The van der Waals surface area contributed by atoms with E-state index in [1.807, 2.05) is 0 Å². The van der Waals surface area contributed by atoms with E-state index in [-0.39, 0.29) is 15.8 Å². The Morgan fingerprint density at radius 1 is 1.19 bits per heavy atom. The maximum absolute atomic E-state index is 13.0. The quantitative estimate of drug-likeness (QED) is 0.672. The molecule has 26 heavy (non-hydrogen) atoms. The van der Waals surface area contributed by atoms with Crippen LogP contribution in [0, 0.1) is 0 Å². The molecule has 1 aliphatic heterocycles. The lowest BCUT2D eigenvalue weighted by molar-refractivity contribution is -0.858. The number of hydrogen-bond donors (Lipinski definition) is 2. The largest absolute Gasteiger partial charge is 0.352 e. The van der Waals surface area contributed by atoms with Gasteiger partial charge in [-0.25, -0.2) is 8.42 Å².